The molecule has 4 rings (SSSR count). The summed E-state index contributed by atoms with van der Waals surface area (Å²) in [5.74, 6) is 0.188. The Morgan fingerprint density at radius 1 is 1.32 bits per heavy atom. The van der Waals surface area contributed by atoms with Crippen LogP contribution in [0, 0.1) is 23.1 Å². The minimum atomic E-state index is -1.51. The van der Waals surface area contributed by atoms with Crippen molar-refractivity contribution in [1.82, 2.24) is 19.4 Å². The Balaban J connectivity index is 0.000000287. The first kappa shape index (κ1) is 22.6. The van der Waals surface area contributed by atoms with Crippen LogP contribution in [0.5, 0.6) is 0 Å². The predicted octanol–water partition coefficient (Wildman–Crippen LogP) is 2.83. The molecule has 162 valence electrons. The van der Waals surface area contributed by atoms with Crippen molar-refractivity contribution in [2.24, 2.45) is 5.92 Å². The standard InChI is InChI=1S/C15H16FN5O2.C6H4ClF/c16-15(23)12-7-18-13-10-20(4-5-21(12)13)14(22)2-1-3-19-8-11(6-17)9-19;7-5-2-1-3-6(8)4-5/h1-2,7,11H,3-5,8-10H2;1-4H/b2-1+;. The second-order valence-corrected chi connectivity index (χ2v) is 7.57. The van der Waals surface area contributed by atoms with Crippen molar-refractivity contribution in [2.45, 2.75) is 13.1 Å². The quantitative estimate of drug-likeness (QED) is 0.531. The number of imidazole rings is 1. The molecule has 0 bridgehead atoms. The van der Waals surface area contributed by atoms with Gasteiger partial charge in [-0.15, -0.1) is 0 Å². The van der Waals surface area contributed by atoms with E-state index in [4.69, 9.17) is 16.9 Å². The average molecular weight is 448 g/mol. The normalized spacial score (nSPS) is 16.1. The largest absolute Gasteiger partial charge is 0.350 e. The summed E-state index contributed by atoms with van der Waals surface area (Å²) in [6.45, 7) is 3.17. The number of carbonyl (C=O) groups excluding carboxylic acids is 2. The van der Waals surface area contributed by atoms with Crippen LogP contribution in [-0.2, 0) is 17.9 Å². The average Bonchev–Trinajstić information content (AvgIpc) is 3.13. The Kier molecular flexibility index (Phi) is 7.50. The summed E-state index contributed by atoms with van der Waals surface area (Å²) >= 11 is 5.40. The van der Waals surface area contributed by atoms with Gasteiger partial charge in [0, 0.05) is 43.8 Å². The molecule has 1 saturated heterocycles. The lowest BCUT2D eigenvalue weighted by molar-refractivity contribution is -0.127. The molecule has 10 heteroatoms. The summed E-state index contributed by atoms with van der Waals surface area (Å²) in [5, 5.41) is 9.13. The van der Waals surface area contributed by atoms with Gasteiger partial charge in [-0.3, -0.25) is 14.5 Å². The van der Waals surface area contributed by atoms with E-state index in [0.717, 1.165) is 13.1 Å². The molecule has 31 heavy (non-hydrogen) atoms. The summed E-state index contributed by atoms with van der Waals surface area (Å²) in [6.07, 6.45) is 4.50. The molecule has 1 amide bonds. The van der Waals surface area contributed by atoms with Gasteiger partial charge in [-0.25, -0.2) is 9.37 Å². The summed E-state index contributed by atoms with van der Waals surface area (Å²) in [4.78, 5) is 30.7. The zero-order valence-corrected chi connectivity index (χ0v) is 17.3. The third-order valence-electron chi connectivity index (χ3n) is 4.93. The maximum atomic E-state index is 12.8. The van der Waals surface area contributed by atoms with E-state index in [1.807, 2.05) is 0 Å². The van der Waals surface area contributed by atoms with Crippen molar-refractivity contribution < 1.29 is 18.4 Å². The van der Waals surface area contributed by atoms with Gasteiger partial charge in [-0.2, -0.15) is 9.65 Å². The van der Waals surface area contributed by atoms with Crippen LogP contribution in [0.15, 0.2) is 42.6 Å². The third-order valence-corrected chi connectivity index (χ3v) is 5.16. The molecule has 0 saturated carbocycles. The van der Waals surface area contributed by atoms with E-state index in [1.165, 1.54) is 29.0 Å². The van der Waals surface area contributed by atoms with Gasteiger partial charge in [0.15, 0.2) is 0 Å². The van der Waals surface area contributed by atoms with Gasteiger partial charge in [-0.05, 0) is 18.2 Å². The van der Waals surface area contributed by atoms with Gasteiger partial charge >= 0.3 is 6.04 Å². The number of likely N-dealkylation sites (tertiary alicyclic amines) is 1. The highest BCUT2D eigenvalue weighted by atomic mass is 35.5. The molecule has 3 heterocycles. The number of hydrogen-bond donors (Lipinski definition) is 0. The minimum Gasteiger partial charge on any atom is -0.330 e. The molecular weight excluding hydrogens is 428 g/mol. The maximum Gasteiger partial charge on any atom is 0.350 e. The highest BCUT2D eigenvalue weighted by molar-refractivity contribution is 6.30. The van der Waals surface area contributed by atoms with Gasteiger partial charge in [0.1, 0.15) is 17.3 Å². The first-order chi connectivity index (χ1) is 14.9. The van der Waals surface area contributed by atoms with Crippen LogP contribution in [0.4, 0.5) is 8.78 Å². The molecule has 2 aliphatic heterocycles. The highest BCUT2D eigenvalue weighted by Crippen LogP contribution is 2.16. The number of fused-ring (bicyclic) bond motifs is 1. The third kappa shape index (κ3) is 5.96. The van der Waals surface area contributed by atoms with E-state index in [9.17, 15) is 18.4 Å². The summed E-state index contributed by atoms with van der Waals surface area (Å²) in [6, 6.07) is 6.51. The Morgan fingerprint density at radius 3 is 2.71 bits per heavy atom. The van der Waals surface area contributed by atoms with Crippen LogP contribution in [0.1, 0.15) is 16.3 Å². The van der Waals surface area contributed by atoms with E-state index in [-0.39, 0.29) is 29.9 Å². The molecule has 0 spiro atoms. The number of benzene rings is 1. The lowest BCUT2D eigenvalue weighted by Crippen LogP contribution is -2.45. The molecule has 7 nitrogen and oxygen atoms in total. The Hall–Kier alpha value is -3.09. The first-order valence-corrected chi connectivity index (χ1v) is 9.98. The van der Waals surface area contributed by atoms with Gasteiger partial charge < -0.3 is 9.47 Å². The second-order valence-electron chi connectivity index (χ2n) is 7.13. The van der Waals surface area contributed by atoms with Gasteiger partial charge in [0.2, 0.25) is 5.91 Å². The number of halogens is 3. The lowest BCUT2D eigenvalue weighted by atomic mass is 10.0. The summed E-state index contributed by atoms with van der Waals surface area (Å²) in [7, 11) is 0. The molecule has 1 fully saturated rings. The molecule has 0 radical (unpaired) electrons. The van der Waals surface area contributed by atoms with Crippen LogP contribution < -0.4 is 0 Å². The molecule has 1 aromatic heterocycles. The second kappa shape index (κ2) is 10.3. The van der Waals surface area contributed by atoms with E-state index >= 15 is 0 Å². The highest BCUT2D eigenvalue weighted by Gasteiger charge is 2.26. The predicted molar refractivity (Wildman–Crippen MR) is 109 cm³/mol. The summed E-state index contributed by atoms with van der Waals surface area (Å²) < 4.78 is 26.4. The zero-order chi connectivity index (χ0) is 22.4. The molecule has 2 aromatic rings. The number of aromatic nitrogens is 2. The molecular formula is C21H20ClF2N5O2. The Bertz CT molecular complexity index is 1010. The number of nitrogens with zero attached hydrogens (tertiary/aromatic N) is 5. The van der Waals surface area contributed by atoms with Crippen molar-refractivity contribution in [3.8, 4) is 6.07 Å². The molecule has 2 aliphatic rings. The lowest BCUT2D eigenvalue weighted by Gasteiger charge is -2.34. The van der Waals surface area contributed by atoms with Crippen LogP contribution in [0.2, 0.25) is 5.02 Å². The van der Waals surface area contributed by atoms with Crippen molar-refractivity contribution in [2.75, 3.05) is 26.2 Å². The smallest absolute Gasteiger partial charge is 0.330 e. The van der Waals surface area contributed by atoms with E-state index < -0.39 is 6.04 Å². The van der Waals surface area contributed by atoms with Crippen molar-refractivity contribution in [3.05, 3.63) is 65.0 Å². The fraction of sp³-hybridized carbons (Fsp3) is 0.333. The minimum absolute atomic E-state index is 0.0625. The van der Waals surface area contributed by atoms with Gasteiger partial charge in [-0.1, -0.05) is 23.7 Å². The van der Waals surface area contributed by atoms with Crippen LogP contribution >= 0.6 is 11.6 Å². The van der Waals surface area contributed by atoms with Crippen LogP contribution in [0.3, 0.4) is 0 Å². The topological polar surface area (TPSA) is 82.2 Å². The van der Waals surface area contributed by atoms with Gasteiger partial charge in [0.25, 0.3) is 0 Å². The number of carbonyl (C=O) groups is 2. The fourth-order valence-electron chi connectivity index (χ4n) is 3.27. The van der Waals surface area contributed by atoms with Gasteiger partial charge in [0.05, 0.1) is 24.7 Å². The fourth-order valence-corrected chi connectivity index (χ4v) is 3.45. The Morgan fingerprint density at radius 2 is 2.10 bits per heavy atom. The van der Waals surface area contributed by atoms with Crippen LogP contribution in [-0.4, -0.2) is 57.5 Å². The van der Waals surface area contributed by atoms with Crippen molar-refractivity contribution in [3.63, 3.8) is 0 Å². The maximum absolute atomic E-state index is 12.8. The van der Waals surface area contributed by atoms with Crippen molar-refractivity contribution >= 4 is 23.5 Å². The Labute approximate surface area is 183 Å². The summed E-state index contributed by atoms with van der Waals surface area (Å²) in [5.41, 5.74) is -0.0625. The van der Waals surface area contributed by atoms with E-state index in [0.29, 0.717) is 30.5 Å². The van der Waals surface area contributed by atoms with Crippen LogP contribution in [0.25, 0.3) is 0 Å². The first-order valence-electron chi connectivity index (χ1n) is 9.60. The van der Waals surface area contributed by atoms with Crippen molar-refractivity contribution in [1.29, 1.82) is 5.26 Å². The zero-order valence-electron chi connectivity index (χ0n) is 16.5. The molecule has 0 unspecified atom stereocenters. The molecule has 0 atom stereocenters. The SMILES string of the molecule is Fc1cccc(Cl)c1.N#CC1CN(C/C=C/C(=O)N2CCn3c(C(=O)F)cnc3C2)C1. The molecule has 0 N–H and O–H groups in total. The van der Waals surface area contributed by atoms with E-state index in [2.05, 4.69) is 16.0 Å². The monoisotopic (exact) mass is 447 g/mol. The molecule has 1 aromatic carbocycles. The number of nitriles is 1. The number of hydrogen-bond acceptors (Lipinski definition) is 5. The molecule has 0 aliphatic carbocycles. The number of amides is 1. The number of rotatable bonds is 4. The van der Waals surface area contributed by atoms with E-state index in [1.54, 1.807) is 23.1 Å².